The molecule has 0 aliphatic carbocycles. The third-order valence-corrected chi connectivity index (χ3v) is 5.03. The van der Waals surface area contributed by atoms with Gasteiger partial charge in [0.15, 0.2) is 0 Å². The quantitative estimate of drug-likeness (QED) is 0.889. The van der Waals surface area contributed by atoms with Crippen molar-refractivity contribution in [3.63, 3.8) is 0 Å². The molecule has 0 radical (unpaired) electrons. The Morgan fingerprint density at radius 1 is 1.36 bits per heavy atom. The number of hydrogen-bond donors (Lipinski definition) is 1. The molecule has 1 fully saturated rings. The largest absolute Gasteiger partial charge is 0.323 e. The lowest BCUT2D eigenvalue weighted by molar-refractivity contribution is 0.216. The number of amides is 2. The molecular weight excluding hydrogens is 321 g/mol. The van der Waals surface area contributed by atoms with Gasteiger partial charge in [-0.3, -0.25) is 0 Å². The van der Waals surface area contributed by atoms with Gasteiger partial charge >= 0.3 is 6.03 Å². The van der Waals surface area contributed by atoms with Crippen LogP contribution in [-0.2, 0) is 0 Å². The normalized spacial score (nSPS) is 21.5. The van der Waals surface area contributed by atoms with Crippen LogP contribution in [0, 0.1) is 5.92 Å². The molecule has 0 unspecified atom stereocenters. The number of nitrogens with one attached hydrogen (secondary N) is 1. The summed E-state index contributed by atoms with van der Waals surface area (Å²) in [6, 6.07) is 5.52. The summed E-state index contributed by atoms with van der Waals surface area (Å²) in [6.07, 6.45) is 2.26. The monoisotopic (exact) mass is 343 g/mol. The van der Waals surface area contributed by atoms with Crippen molar-refractivity contribution in [3.05, 3.63) is 28.2 Å². The first-order chi connectivity index (χ1) is 10.4. The number of likely N-dealkylation sites (tertiary alicyclic amines) is 1. The van der Waals surface area contributed by atoms with Gasteiger partial charge in [-0.15, -0.1) is 0 Å². The molecule has 1 aromatic carbocycles. The van der Waals surface area contributed by atoms with Crippen molar-refractivity contribution in [1.82, 2.24) is 9.80 Å². The zero-order chi connectivity index (χ0) is 16.3. The van der Waals surface area contributed by atoms with E-state index >= 15 is 0 Å². The average molecular weight is 344 g/mol. The number of likely N-dealkylation sites (N-methyl/N-ethyl adjacent to an activating group) is 1. The van der Waals surface area contributed by atoms with Gasteiger partial charge in [-0.05, 0) is 38.6 Å². The molecule has 1 aliphatic rings. The summed E-state index contributed by atoms with van der Waals surface area (Å²) >= 11 is 12.1. The minimum Gasteiger partial charge on any atom is -0.323 e. The first-order valence-corrected chi connectivity index (χ1v) is 8.36. The molecule has 6 heteroatoms. The van der Waals surface area contributed by atoms with Gasteiger partial charge in [-0.25, -0.2) is 4.79 Å². The second-order valence-corrected chi connectivity index (χ2v) is 6.80. The Morgan fingerprint density at radius 2 is 2.09 bits per heavy atom. The van der Waals surface area contributed by atoms with Crippen LogP contribution in [0.15, 0.2) is 18.2 Å². The Labute approximate surface area is 142 Å². The van der Waals surface area contributed by atoms with E-state index in [0.717, 1.165) is 25.9 Å². The SMILES string of the molecule is CCC[C@@H]1CN(C(=O)Nc2cccc(Cl)c2Cl)C[C@H]1N(C)C. The Kier molecular flexibility index (Phi) is 5.95. The van der Waals surface area contributed by atoms with Gasteiger partial charge in [-0.1, -0.05) is 42.6 Å². The molecule has 2 amide bonds. The fourth-order valence-electron chi connectivity index (χ4n) is 3.05. The zero-order valence-corrected chi connectivity index (χ0v) is 14.8. The summed E-state index contributed by atoms with van der Waals surface area (Å²) < 4.78 is 0. The van der Waals surface area contributed by atoms with Crippen LogP contribution in [0.4, 0.5) is 10.5 Å². The molecule has 0 bridgehead atoms. The Morgan fingerprint density at radius 3 is 2.73 bits per heavy atom. The summed E-state index contributed by atoms with van der Waals surface area (Å²) in [7, 11) is 4.14. The molecule has 0 saturated carbocycles. The van der Waals surface area contributed by atoms with Gasteiger partial charge < -0.3 is 15.1 Å². The fraction of sp³-hybridized carbons (Fsp3) is 0.562. The highest BCUT2D eigenvalue weighted by atomic mass is 35.5. The molecule has 2 atom stereocenters. The number of hydrogen-bond acceptors (Lipinski definition) is 2. The van der Waals surface area contributed by atoms with Crippen LogP contribution < -0.4 is 5.32 Å². The van der Waals surface area contributed by atoms with Crippen LogP contribution in [0.1, 0.15) is 19.8 Å². The van der Waals surface area contributed by atoms with E-state index in [-0.39, 0.29) is 6.03 Å². The molecule has 1 N–H and O–H groups in total. The number of anilines is 1. The van der Waals surface area contributed by atoms with Gasteiger partial charge in [0.25, 0.3) is 0 Å². The molecule has 0 spiro atoms. The first kappa shape index (κ1) is 17.4. The topological polar surface area (TPSA) is 35.6 Å². The van der Waals surface area contributed by atoms with Crippen molar-refractivity contribution in [2.24, 2.45) is 5.92 Å². The summed E-state index contributed by atoms with van der Waals surface area (Å²) in [5, 5.41) is 3.69. The molecular formula is C16H23Cl2N3O. The van der Waals surface area contributed by atoms with Crippen LogP contribution >= 0.6 is 23.2 Å². The van der Waals surface area contributed by atoms with Crippen LogP contribution in [0.25, 0.3) is 0 Å². The minimum absolute atomic E-state index is 0.116. The zero-order valence-electron chi connectivity index (χ0n) is 13.3. The van der Waals surface area contributed by atoms with Crippen LogP contribution in [0.5, 0.6) is 0 Å². The predicted octanol–water partition coefficient (Wildman–Crippen LogP) is 4.19. The Bertz CT molecular complexity index is 536. The third-order valence-electron chi connectivity index (χ3n) is 4.21. The molecule has 1 saturated heterocycles. The van der Waals surface area contributed by atoms with Crippen LogP contribution in [0.3, 0.4) is 0 Å². The lowest BCUT2D eigenvalue weighted by atomic mass is 9.98. The van der Waals surface area contributed by atoms with Gasteiger partial charge in [0.05, 0.1) is 15.7 Å². The van der Waals surface area contributed by atoms with Crippen molar-refractivity contribution < 1.29 is 4.79 Å². The van der Waals surface area contributed by atoms with E-state index in [1.165, 1.54) is 0 Å². The Balaban J connectivity index is 2.05. The number of rotatable bonds is 4. The smallest absolute Gasteiger partial charge is 0.321 e. The molecule has 22 heavy (non-hydrogen) atoms. The van der Waals surface area contributed by atoms with E-state index < -0.39 is 0 Å². The van der Waals surface area contributed by atoms with Gasteiger partial charge in [0.2, 0.25) is 0 Å². The average Bonchev–Trinajstić information content (AvgIpc) is 2.88. The second-order valence-electron chi connectivity index (χ2n) is 6.02. The van der Waals surface area contributed by atoms with Gasteiger partial charge in [0, 0.05) is 19.1 Å². The maximum Gasteiger partial charge on any atom is 0.321 e. The van der Waals surface area contributed by atoms with Gasteiger partial charge in [0.1, 0.15) is 0 Å². The highest BCUT2D eigenvalue weighted by Gasteiger charge is 2.35. The van der Waals surface area contributed by atoms with E-state index in [2.05, 4.69) is 31.2 Å². The molecule has 1 aromatic rings. The second kappa shape index (κ2) is 7.53. The van der Waals surface area contributed by atoms with Crippen molar-refractivity contribution >= 4 is 34.9 Å². The summed E-state index contributed by atoms with van der Waals surface area (Å²) in [5.74, 6) is 0.514. The number of carbonyl (C=O) groups is 1. The summed E-state index contributed by atoms with van der Waals surface area (Å²) in [6.45, 7) is 3.70. The van der Waals surface area contributed by atoms with E-state index in [9.17, 15) is 4.79 Å². The minimum atomic E-state index is -0.116. The lowest BCUT2D eigenvalue weighted by Crippen LogP contribution is -2.37. The fourth-order valence-corrected chi connectivity index (χ4v) is 3.40. The van der Waals surface area contributed by atoms with E-state index in [4.69, 9.17) is 23.2 Å². The molecule has 122 valence electrons. The molecule has 0 aromatic heterocycles. The highest BCUT2D eigenvalue weighted by Crippen LogP contribution is 2.31. The van der Waals surface area contributed by atoms with E-state index in [1.807, 2.05) is 4.90 Å². The van der Waals surface area contributed by atoms with Gasteiger partial charge in [-0.2, -0.15) is 0 Å². The molecule has 2 rings (SSSR count). The lowest BCUT2D eigenvalue weighted by Gasteiger charge is -2.24. The number of benzene rings is 1. The molecule has 1 heterocycles. The van der Waals surface area contributed by atoms with Crippen molar-refractivity contribution in [3.8, 4) is 0 Å². The Hall–Kier alpha value is -0.970. The van der Waals surface area contributed by atoms with E-state index in [1.54, 1.807) is 18.2 Å². The number of urea groups is 1. The maximum atomic E-state index is 12.5. The summed E-state index contributed by atoms with van der Waals surface area (Å²) in [5.41, 5.74) is 0.555. The predicted molar refractivity (Wildman–Crippen MR) is 92.9 cm³/mol. The number of halogens is 2. The standard InChI is InChI=1S/C16H23Cl2N3O/c1-4-6-11-9-21(10-14(11)20(2)3)16(22)19-13-8-5-7-12(17)15(13)18/h5,7-8,11,14H,4,6,9-10H2,1-3H3,(H,19,22)/t11-,14-/m1/s1. The van der Waals surface area contributed by atoms with Crippen molar-refractivity contribution in [2.45, 2.75) is 25.8 Å². The maximum absolute atomic E-state index is 12.5. The van der Waals surface area contributed by atoms with Crippen molar-refractivity contribution in [1.29, 1.82) is 0 Å². The van der Waals surface area contributed by atoms with Crippen LogP contribution in [-0.4, -0.2) is 49.1 Å². The summed E-state index contributed by atoms with van der Waals surface area (Å²) in [4.78, 5) is 16.6. The molecule has 1 aliphatic heterocycles. The number of carbonyl (C=O) groups excluding carboxylic acids is 1. The first-order valence-electron chi connectivity index (χ1n) is 7.60. The number of nitrogens with zero attached hydrogens (tertiary/aromatic N) is 2. The van der Waals surface area contributed by atoms with Crippen LogP contribution in [0.2, 0.25) is 10.0 Å². The molecule has 4 nitrogen and oxygen atoms in total. The van der Waals surface area contributed by atoms with Crippen molar-refractivity contribution in [2.75, 3.05) is 32.5 Å². The third kappa shape index (κ3) is 3.86. The van der Waals surface area contributed by atoms with E-state index in [0.29, 0.717) is 27.7 Å². The highest BCUT2D eigenvalue weighted by molar-refractivity contribution is 6.43.